The molecular weight excluding hydrogens is 274 g/mol. The molecule has 7 heteroatoms. The van der Waals surface area contributed by atoms with E-state index in [9.17, 15) is 0 Å². The Morgan fingerprint density at radius 2 is 2.15 bits per heavy atom. The zero-order valence-corrected chi connectivity index (χ0v) is 12.6. The third-order valence-corrected chi connectivity index (χ3v) is 4.36. The number of nitrogens with zero attached hydrogens (tertiary/aromatic N) is 5. The fraction of sp³-hybridized carbons (Fsp3) is 0.615. The highest BCUT2D eigenvalue weighted by atomic mass is 32.1. The molecule has 1 saturated heterocycles. The minimum absolute atomic E-state index is 0.192. The van der Waals surface area contributed by atoms with Crippen LogP contribution in [0.5, 0.6) is 0 Å². The summed E-state index contributed by atoms with van der Waals surface area (Å²) in [5.41, 5.74) is 3.06. The van der Waals surface area contributed by atoms with Crippen molar-refractivity contribution in [1.82, 2.24) is 24.9 Å². The fourth-order valence-electron chi connectivity index (χ4n) is 2.49. The van der Waals surface area contributed by atoms with Crippen molar-refractivity contribution in [3.8, 4) is 0 Å². The van der Waals surface area contributed by atoms with Crippen molar-refractivity contribution in [3.05, 3.63) is 28.3 Å². The lowest BCUT2D eigenvalue weighted by Gasteiger charge is -2.36. The van der Waals surface area contributed by atoms with Gasteiger partial charge >= 0.3 is 0 Å². The normalized spacial score (nSPS) is 19.3. The first-order valence-electron chi connectivity index (χ1n) is 6.86. The van der Waals surface area contributed by atoms with Gasteiger partial charge in [-0.25, -0.2) is 4.98 Å². The third kappa shape index (κ3) is 3.05. The zero-order chi connectivity index (χ0) is 13.9. The summed E-state index contributed by atoms with van der Waals surface area (Å²) in [6.07, 6.45) is 0. The van der Waals surface area contributed by atoms with E-state index < -0.39 is 0 Å². The van der Waals surface area contributed by atoms with Gasteiger partial charge in [0.2, 0.25) is 5.89 Å². The number of hydrogen-bond acceptors (Lipinski definition) is 7. The molecule has 0 bridgehead atoms. The second-order valence-electron chi connectivity index (χ2n) is 5.15. The van der Waals surface area contributed by atoms with Crippen molar-refractivity contribution in [1.29, 1.82) is 0 Å². The molecule has 0 unspecified atom stereocenters. The number of thiazole rings is 1. The summed E-state index contributed by atoms with van der Waals surface area (Å²) < 4.78 is 5.27. The summed E-state index contributed by atoms with van der Waals surface area (Å²) >= 11 is 1.66. The van der Waals surface area contributed by atoms with Gasteiger partial charge in [-0.1, -0.05) is 5.16 Å². The summed E-state index contributed by atoms with van der Waals surface area (Å²) in [5.74, 6) is 1.42. The van der Waals surface area contributed by atoms with Crippen molar-refractivity contribution in [3.63, 3.8) is 0 Å². The Hall–Kier alpha value is -1.31. The molecule has 0 aliphatic carbocycles. The van der Waals surface area contributed by atoms with Crippen LogP contribution in [0.3, 0.4) is 0 Å². The molecule has 0 amide bonds. The van der Waals surface area contributed by atoms with Crippen LogP contribution in [0.2, 0.25) is 0 Å². The van der Waals surface area contributed by atoms with Gasteiger partial charge in [0.25, 0.3) is 0 Å². The first-order valence-corrected chi connectivity index (χ1v) is 7.80. The summed E-state index contributed by atoms with van der Waals surface area (Å²) in [6.45, 7) is 9.07. The Morgan fingerprint density at radius 1 is 1.35 bits per heavy atom. The molecule has 3 rings (SSSR count). The molecule has 3 heterocycles. The molecule has 1 aliphatic heterocycles. The topological polar surface area (TPSA) is 58.3 Å². The lowest BCUT2D eigenvalue weighted by Crippen LogP contribution is -2.46. The Morgan fingerprint density at radius 3 is 2.75 bits per heavy atom. The summed E-state index contributed by atoms with van der Waals surface area (Å²) in [5, 5.41) is 5.99. The van der Waals surface area contributed by atoms with Crippen molar-refractivity contribution in [2.24, 2.45) is 0 Å². The molecule has 108 valence electrons. The number of piperazine rings is 1. The molecule has 0 spiro atoms. The van der Waals surface area contributed by atoms with E-state index in [2.05, 4.69) is 37.2 Å². The summed E-state index contributed by atoms with van der Waals surface area (Å²) in [6, 6.07) is 0.192. The standard InChI is InChI=1S/C13H19N5OS/c1-10(13-15-11(2)16-19-13)18-5-3-17(4-6-18)7-12-8-20-9-14-12/h8-10H,3-7H2,1-2H3/t10-/m0/s1. The second kappa shape index (κ2) is 5.99. The molecule has 0 radical (unpaired) electrons. The van der Waals surface area contributed by atoms with Gasteiger partial charge in [-0.2, -0.15) is 4.98 Å². The van der Waals surface area contributed by atoms with Crippen molar-refractivity contribution in [2.45, 2.75) is 26.4 Å². The first kappa shape index (κ1) is 13.7. The molecule has 0 N–H and O–H groups in total. The maximum Gasteiger partial charge on any atom is 0.243 e. The van der Waals surface area contributed by atoms with Gasteiger partial charge in [0.15, 0.2) is 5.82 Å². The van der Waals surface area contributed by atoms with E-state index in [1.807, 2.05) is 12.4 Å². The maximum atomic E-state index is 5.27. The van der Waals surface area contributed by atoms with Crippen LogP contribution >= 0.6 is 11.3 Å². The van der Waals surface area contributed by atoms with Gasteiger partial charge in [0, 0.05) is 38.1 Å². The number of aromatic nitrogens is 3. The van der Waals surface area contributed by atoms with E-state index in [0.717, 1.165) is 38.6 Å². The molecule has 1 aliphatic rings. The zero-order valence-electron chi connectivity index (χ0n) is 11.8. The molecule has 1 fully saturated rings. The SMILES string of the molecule is Cc1noc([C@H](C)N2CCN(Cc3cscn3)CC2)n1. The van der Waals surface area contributed by atoms with Gasteiger partial charge in [0.05, 0.1) is 17.2 Å². The molecule has 0 saturated carbocycles. The van der Waals surface area contributed by atoms with Crippen molar-refractivity contribution < 1.29 is 4.52 Å². The predicted octanol–water partition coefficient (Wildman–Crippen LogP) is 1.71. The average Bonchev–Trinajstić information content (AvgIpc) is 3.10. The van der Waals surface area contributed by atoms with E-state index in [1.54, 1.807) is 11.3 Å². The van der Waals surface area contributed by atoms with Crippen LogP contribution in [0.25, 0.3) is 0 Å². The minimum Gasteiger partial charge on any atom is -0.338 e. The van der Waals surface area contributed by atoms with Gasteiger partial charge < -0.3 is 4.52 Å². The van der Waals surface area contributed by atoms with Crippen LogP contribution in [-0.2, 0) is 6.54 Å². The summed E-state index contributed by atoms with van der Waals surface area (Å²) in [7, 11) is 0. The highest BCUT2D eigenvalue weighted by molar-refractivity contribution is 7.07. The Labute approximate surface area is 122 Å². The van der Waals surface area contributed by atoms with E-state index in [-0.39, 0.29) is 6.04 Å². The average molecular weight is 293 g/mol. The van der Waals surface area contributed by atoms with Crippen LogP contribution < -0.4 is 0 Å². The largest absolute Gasteiger partial charge is 0.338 e. The summed E-state index contributed by atoms with van der Waals surface area (Å²) in [4.78, 5) is 13.5. The monoisotopic (exact) mass is 293 g/mol. The Bertz CT molecular complexity index is 533. The lowest BCUT2D eigenvalue weighted by molar-refractivity contribution is 0.0839. The van der Waals surface area contributed by atoms with Gasteiger partial charge in [-0.3, -0.25) is 9.80 Å². The van der Waals surface area contributed by atoms with Crippen LogP contribution in [0.15, 0.2) is 15.4 Å². The van der Waals surface area contributed by atoms with Crippen molar-refractivity contribution in [2.75, 3.05) is 26.2 Å². The van der Waals surface area contributed by atoms with E-state index in [4.69, 9.17) is 4.52 Å². The number of aryl methyl sites for hydroxylation is 1. The molecule has 1 atom stereocenters. The van der Waals surface area contributed by atoms with E-state index >= 15 is 0 Å². The van der Waals surface area contributed by atoms with Crippen LogP contribution in [0, 0.1) is 6.92 Å². The van der Waals surface area contributed by atoms with Gasteiger partial charge in [-0.15, -0.1) is 11.3 Å². The van der Waals surface area contributed by atoms with E-state index in [0.29, 0.717) is 5.82 Å². The molecule has 2 aromatic heterocycles. The Kier molecular flexibility index (Phi) is 4.09. The van der Waals surface area contributed by atoms with Crippen molar-refractivity contribution >= 4 is 11.3 Å². The minimum atomic E-state index is 0.192. The quantitative estimate of drug-likeness (QED) is 0.855. The lowest BCUT2D eigenvalue weighted by atomic mass is 10.2. The molecular formula is C13H19N5OS. The smallest absolute Gasteiger partial charge is 0.243 e. The third-order valence-electron chi connectivity index (χ3n) is 3.72. The van der Waals surface area contributed by atoms with Crippen LogP contribution in [-0.4, -0.2) is 51.1 Å². The highest BCUT2D eigenvalue weighted by Gasteiger charge is 2.25. The van der Waals surface area contributed by atoms with Gasteiger partial charge in [-0.05, 0) is 13.8 Å². The van der Waals surface area contributed by atoms with Gasteiger partial charge in [0.1, 0.15) is 0 Å². The Balaban J connectivity index is 1.53. The molecule has 0 aromatic carbocycles. The molecule has 6 nitrogen and oxygen atoms in total. The second-order valence-corrected chi connectivity index (χ2v) is 5.87. The molecule has 20 heavy (non-hydrogen) atoms. The first-order chi connectivity index (χ1) is 9.72. The maximum absolute atomic E-state index is 5.27. The highest BCUT2D eigenvalue weighted by Crippen LogP contribution is 2.20. The predicted molar refractivity (Wildman–Crippen MR) is 76.4 cm³/mol. The fourth-order valence-corrected chi connectivity index (χ4v) is 3.04. The molecule has 2 aromatic rings. The van der Waals surface area contributed by atoms with Crippen LogP contribution in [0.1, 0.15) is 30.4 Å². The van der Waals surface area contributed by atoms with Crippen LogP contribution in [0.4, 0.5) is 0 Å². The van der Waals surface area contributed by atoms with E-state index in [1.165, 1.54) is 5.69 Å². The number of rotatable bonds is 4. The number of hydrogen-bond donors (Lipinski definition) is 0.